The molecule has 0 aromatic heterocycles. The average molecular weight is 355 g/mol. The van der Waals surface area contributed by atoms with E-state index >= 15 is 0 Å². The van der Waals surface area contributed by atoms with Crippen molar-refractivity contribution in [3.63, 3.8) is 0 Å². The third-order valence-electron chi connectivity index (χ3n) is 4.88. The molecule has 26 heavy (non-hydrogen) atoms. The molecule has 0 aliphatic carbocycles. The van der Waals surface area contributed by atoms with E-state index in [1.807, 2.05) is 47.4 Å². The van der Waals surface area contributed by atoms with E-state index in [2.05, 4.69) is 0 Å². The second-order valence-electron chi connectivity index (χ2n) is 6.66. The summed E-state index contributed by atoms with van der Waals surface area (Å²) in [4.78, 5) is 14.8. The normalized spacial score (nSPS) is 18.0. The first kappa shape index (κ1) is 18.6. The van der Waals surface area contributed by atoms with Crippen molar-refractivity contribution in [2.45, 2.75) is 18.9 Å². The molecule has 3 rings (SSSR count). The highest BCUT2D eigenvalue weighted by molar-refractivity contribution is 5.98. The molecule has 1 atom stereocenters. The van der Waals surface area contributed by atoms with Gasteiger partial charge in [0.1, 0.15) is 11.5 Å². The van der Waals surface area contributed by atoms with Crippen molar-refractivity contribution >= 4 is 5.78 Å². The molecule has 2 N–H and O–H groups in total. The molecule has 1 aliphatic heterocycles. The number of hydrogen-bond acceptors (Lipinski definition) is 5. The second-order valence-corrected chi connectivity index (χ2v) is 6.66. The number of Topliss-reactive ketones (excluding diaryl/α,β-unsaturated/α-hetero) is 1. The van der Waals surface area contributed by atoms with Crippen molar-refractivity contribution in [1.82, 2.24) is 4.90 Å². The van der Waals surface area contributed by atoms with Gasteiger partial charge in [-0.25, -0.2) is 0 Å². The molecule has 1 aliphatic rings. The van der Waals surface area contributed by atoms with Gasteiger partial charge in [-0.15, -0.1) is 0 Å². The van der Waals surface area contributed by atoms with E-state index < -0.39 is 0 Å². The summed E-state index contributed by atoms with van der Waals surface area (Å²) in [7, 11) is 0. The summed E-state index contributed by atoms with van der Waals surface area (Å²) >= 11 is 0. The SMILES string of the molecule is O=C(c1ccc(Oc2ccccc2)cc1)[C@@H]1CCCN(C(CO)CO)C1. The van der Waals surface area contributed by atoms with Gasteiger partial charge in [-0.05, 0) is 55.8 Å². The van der Waals surface area contributed by atoms with Gasteiger partial charge < -0.3 is 14.9 Å². The van der Waals surface area contributed by atoms with Gasteiger partial charge in [0.2, 0.25) is 0 Å². The van der Waals surface area contributed by atoms with Gasteiger partial charge in [-0.3, -0.25) is 9.69 Å². The van der Waals surface area contributed by atoms with Crippen LogP contribution in [0.5, 0.6) is 11.5 Å². The van der Waals surface area contributed by atoms with Crippen LogP contribution in [-0.2, 0) is 0 Å². The first-order valence-electron chi connectivity index (χ1n) is 9.04. The molecule has 0 radical (unpaired) electrons. The van der Waals surface area contributed by atoms with E-state index in [4.69, 9.17) is 4.74 Å². The summed E-state index contributed by atoms with van der Waals surface area (Å²) in [6.07, 6.45) is 1.73. The lowest BCUT2D eigenvalue weighted by Gasteiger charge is -2.36. The standard InChI is InChI=1S/C21H25NO4/c23-14-18(15-24)22-12-4-5-17(13-22)21(25)16-8-10-20(11-9-16)26-19-6-2-1-3-7-19/h1-3,6-11,17-18,23-24H,4-5,12-15H2/t17-/m1/s1. The number of ether oxygens (including phenoxy) is 1. The zero-order valence-electron chi connectivity index (χ0n) is 14.8. The Morgan fingerprint density at radius 3 is 2.35 bits per heavy atom. The van der Waals surface area contributed by atoms with E-state index in [0.29, 0.717) is 17.9 Å². The number of rotatable bonds is 7. The van der Waals surface area contributed by atoms with E-state index in [1.165, 1.54) is 0 Å². The number of likely N-dealkylation sites (tertiary alicyclic amines) is 1. The zero-order valence-corrected chi connectivity index (χ0v) is 14.8. The van der Waals surface area contributed by atoms with Gasteiger partial charge in [0, 0.05) is 18.0 Å². The smallest absolute Gasteiger partial charge is 0.167 e. The monoisotopic (exact) mass is 355 g/mol. The first-order valence-corrected chi connectivity index (χ1v) is 9.04. The minimum atomic E-state index is -0.285. The Morgan fingerprint density at radius 1 is 1.04 bits per heavy atom. The van der Waals surface area contributed by atoms with Crippen molar-refractivity contribution in [2.75, 3.05) is 26.3 Å². The third-order valence-corrected chi connectivity index (χ3v) is 4.88. The lowest BCUT2D eigenvalue weighted by atomic mass is 9.89. The molecule has 0 saturated carbocycles. The summed E-state index contributed by atoms with van der Waals surface area (Å²) < 4.78 is 5.76. The highest BCUT2D eigenvalue weighted by Crippen LogP contribution is 2.25. The van der Waals surface area contributed by atoms with Crippen LogP contribution in [0.4, 0.5) is 0 Å². The molecule has 5 nitrogen and oxygen atoms in total. The van der Waals surface area contributed by atoms with Crippen LogP contribution in [0.15, 0.2) is 54.6 Å². The van der Waals surface area contributed by atoms with Crippen LogP contribution in [0.3, 0.4) is 0 Å². The summed E-state index contributed by atoms with van der Waals surface area (Å²) in [6.45, 7) is 1.19. The number of nitrogens with zero attached hydrogens (tertiary/aromatic N) is 1. The average Bonchev–Trinajstić information content (AvgIpc) is 2.70. The van der Waals surface area contributed by atoms with Crippen molar-refractivity contribution in [3.05, 3.63) is 60.2 Å². The molecule has 2 aromatic rings. The van der Waals surface area contributed by atoms with Crippen LogP contribution in [0.1, 0.15) is 23.2 Å². The van der Waals surface area contributed by atoms with Gasteiger partial charge in [0.15, 0.2) is 5.78 Å². The number of piperidine rings is 1. The van der Waals surface area contributed by atoms with E-state index in [9.17, 15) is 15.0 Å². The summed E-state index contributed by atoms with van der Waals surface area (Å²) in [5.74, 6) is 1.45. The number of aliphatic hydroxyl groups is 2. The fourth-order valence-electron chi connectivity index (χ4n) is 3.39. The molecule has 1 saturated heterocycles. The third kappa shape index (κ3) is 4.49. The van der Waals surface area contributed by atoms with E-state index in [-0.39, 0.29) is 31.0 Å². The predicted molar refractivity (Wildman–Crippen MR) is 99.5 cm³/mol. The lowest BCUT2D eigenvalue weighted by molar-refractivity contribution is 0.0408. The predicted octanol–water partition coefficient (Wildman–Crippen LogP) is 2.73. The number of para-hydroxylation sites is 1. The van der Waals surface area contributed by atoms with Crippen LogP contribution < -0.4 is 4.74 Å². The topological polar surface area (TPSA) is 70.0 Å². The van der Waals surface area contributed by atoms with Crippen molar-refractivity contribution in [2.24, 2.45) is 5.92 Å². The molecular weight excluding hydrogens is 330 g/mol. The van der Waals surface area contributed by atoms with Crippen LogP contribution >= 0.6 is 0 Å². The highest BCUT2D eigenvalue weighted by atomic mass is 16.5. The molecule has 2 aromatic carbocycles. The van der Waals surface area contributed by atoms with Gasteiger partial charge in [-0.1, -0.05) is 18.2 Å². The molecule has 0 spiro atoms. The first-order chi connectivity index (χ1) is 12.7. The Bertz CT molecular complexity index is 698. The Hall–Kier alpha value is -2.21. The molecule has 0 amide bonds. The largest absolute Gasteiger partial charge is 0.457 e. The summed E-state index contributed by atoms with van der Waals surface area (Å²) in [5.41, 5.74) is 0.668. The number of benzene rings is 2. The number of hydrogen-bond donors (Lipinski definition) is 2. The van der Waals surface area contributed by atoms with Gasteiger partial charge in [0.05, 0.1) is 19.3 Å². The van der Waals surface area contributed by atoms with Crippen LogP contribution in [0, 0.1) is 5.92 Å². The van der Waals surface area contributed by atoms with E-state index in [1.54, 1.807) is 12.1 Å². The summed E-state index contributed by atoms with van der Waals surface area (Å²) in [5, 5.41) is 18.7. The van der Waals surface area contributed by atoms with Crippen molar-refractivity contribution in [3.8, 4) is 11.5 Å². The lowest BCUT2D eigenvalue weighted by Crippen LogP contribution is -2.47. The number of aliphatic hydroxyl groups excluding tert-OH is 2. The van der Waals surface area contributed by atoms with Gasteiger partial charge in [-0.2, -0.15) is 0 Å². The van der Waals surface area contributed by atoms with Gasteiger partial charge in [0.25, 0.3) is 0 Å². The van der Waals surface area contributed by atoms with Crippen molar-refractivity contribution < 1.29 is 19.7 Å². The number of carbonyl (C=O) groups excluding carboxylic acids is 1. The molecule has 5 heteroatoms. The maximum Gasteiger partial charge on any atom is 0.167 e. The Balaban J connectivity index is 1.64. The Morgan fingerprint density at radius 2 is 1.69 bits per heavy atom. The number of carbonyl (C=O) groups is 1. The fraction of sp³-hybridized carbons (Fsp3) is 0.381. The number of ketones is 1. The van der Waals surface area contributed by atoms with Crippen molar-refractivity contribution in [1.29, 1.82) is 0 Å². The Labute approximate surface area is 153 Å². The molecule has 138 valence electrons. The maximum absolute atomic E-state index is 12.8. The zero-order chi connectivity index (χ0) is 18.4. The maximum atomic E-state index is 12.8. The van der Waals surface area contributed by atoms with Crippen LogP contribution in [0.2, 0.25) is 0 Å². The molecule has 1 fully saturated rings. The molecule has 0 bridgehead atoms. The molecule has 0 unspecified atom stereocenters. The Kier molecular flexibility index (Phi) is 6.39. The highest BCUT2D eigenvalue weighted by Gasteiger charge is 2.29. The fourth-order valence-corrected chi connectivity index (χ4v) is 3.39. The van der Waals surface area contributed by atoms with Gasteiger partial charge >= 0.3 is 0 Å². The minimum absolute atomic E-state index is 0.0943. The van der Waals surface area contributed by atoms with Crippen LogP contribution in [-0.4, -0.2) is 53.2 Å². The molecular formula is C21H25NO4. The second kappa shape index (κ2) is 8.94. The quantitative estimate of drug-likeness (QED) is 0.748. The summed E-state index contributed by atoms with van der Waals surface area (Å²) in [6, 6.07) is 16.5. The molecule has 1 heterocycles. The van der Waals surface area contributed by atoms with Crippen LogP contribution in [0.25, 0.3) is 0 Å². The minimum Gasteiger partial charge on any atom is -0.457 e. The van der Waals surface area contributed by atoms with E-state index in [0.717, 1.165) is 25.1 Å².